The van der Waals surface area contributed by atoms with E-state index in [4.69, 9.17) is 9.84 Å². The van der Waals surface area contributed by atoms with Crippen LogP contribution in [0, 0.1) is 6.92 Å². The Morgan fingerprint density at radius 1 is 1.30 bits per heavy atom. The van der Waals surface area contributed by atoms with E-state index in [1.165, 1.54) is 16.7 Å². The first-order chi connectivity index (χ1) is 10.7. The molecule has 0 aliphatic carbocycles. The quantitative estimate of drug-likeness (QED) is 0.879. The van der Waals surface area contributed by atoms with Gasteiger partial charge in [-0.05, 0) is 45.4 Å². The Bertz CT molecular complexity index is 747. The number of nitrogens with zero attached hydrogens (tertiary/aromatic N) is 1. The van der Waals surface area contributed by atoms with Gasteiger partial charge in [0.1, 0.15) is 10.6 Å². The number of carbonyl (C=O) groups excluding carboxylic acids is 1. The van der Waals surface area contributed by atoms with Gasteiger partial charge in [0.2, 0.25) is 0 Å². The summed E-state index contributed by atoms with van der Waals surface area (Å²) in [6.07, 6.45) is -0.544. The van der Waals surface area contributed by atoms with Crippen LogP contribution in [0.25, 0.3) is 10.6 Å². The van der Waals surface area contributed by atoms with Crippen LogP contribution in [0.3, 0.4) is 0 Å². The van der Waals surface area contributed by atoms with Gasteiger partial charge in [0.25, 0.3) is 0 Å². The van der Waals surface area contributed by atoms with E-state index in [1.54, 1.807) is 32.9 Å². The lowest BCUT2D eigenvalue weighted by atomic mass is 10.1. The molecule has 0 spiro atoms. The summed E-state index contributed by atoms with van der Waals surface area (Å²) in [6.45, 7) is 7.26. The second-order valence-corrected chi connectivity index (χ2v) is 6.86. The fraction of sp³-hybridized carbons (Fsp3) is 0.312. The zero-order valence-corrected chi connectivity index (χ0v) is 14.2. The number of carboxylic acids is 1. The number of aryl methyl sites for hydroxylation is 1. The van der Waals surface area contributed by atoms with Crippen molar-refractivity contribution in [2.75, 3.05) is 5.32 Å². The number of benzene rings is 1. The molecular formula is C16H18N2O4S. The third-order valence-electron chi connectivity index (χ3n) is 2.84. The van der Waals surface area contributed by atoms with Crippen LogP contribution in [0.1, 0.15) is 36.8 Å². The number of ether oxygens (including phenoxy) is 1. The van der Waals surface area contributed by atoms with Crippen LogP contribution in [-0.4, -0.2) is 27.8 Å². The van der Waals surface area contributed by atoms with E-state index in [2.05, 4.69) is 10.3 Å². The van der Waals surface area contributed by atoms with Gasteiger partial charge in [-0.2, -0.15) is 0 Å². The van der Waals surface area contributed by atoms with Gasteiger partial charge in [0.05, 0.1) is 0 Å². The maximum Gasteiger partial charge on any atom is 0.412 e. The molecule has 1 aromatic heterocycles. The number of thiazole rings is 1. The topological polar surface area (TPSA) is 88.5 Å². The number of carboxylic acid groups (broad SMARTS) is 1. The molecule has 0 fully saturated rings. The third-order valence-corrected chi connectivity index (χ3v) is 3.71. The molecule has 23 heavy (non-hydrogen) atoms. The predicted molar refractivity (Wildman–Crippen MR) is 89.1 cm³/mol. The molecule has 0 saturated carbocycles. The molecule has 122 valence electrons. The number of anilines is 1. The van der Waals surface area contributed by atoms with Crippen LogP contribution in [-0.2, 0) is 4.74 Å². The van der Waals surface area contributed by atoms with E-state index in [-0.39, 0.29) is 5.69 Å². The van der Waals surface area contributed by atoms with E-state index in [0.717, 1.165) is 11.1 Å². The molecule has 0 unspecified atom stereocenters. The third kappa shape index (κ3) is 4.53. The standard InChI is InChI=1S/C16H18N2O4S/c1-9-5-6-10(17-15(21)22-16(2,3)4)7-11(9)13-18-12(8-23-13)14(19)20/h5-8H,1-4H3,(H,17,21)(H,19,20). The second-order valence-electron chi connectivity index (χ2n) is 6.00. The van der Waals surface area contributed by atoms with Crippen LogP contribution < -0.4 is 5.32 Å². The lowest BCUT2D eigenvalue weighted by Crippen LogP contribution is -2.27. The van der Waals surface area contributed by atoms with Crippen molar-refractivity contribution in [3.63, 3.8) is 0 Å². The van der Waals surface area contributed by atoms with Gasteiger partial charge in [0.15, 0.2) is 5.69 Å². The summed E-state index contributed by atoms with van der Waals surface area (Å²) < 4.78 is 5.21. The van der Waals surface area contributed by atoms with E-state index in [0.29, 0.717) is 10.7 Å². The van der Waals surface area contributed by atoms with E-state index >= 15 is 0 Å². The Morgan fingerprint density at radius 2 is 2.00 bits per heavy atom. The van der Waals surface area contributed by atoms with Gasteiger partial charge in [-0.15, -0.1) is 11.3 Å². The second kappa shape index (κ2) is 6.37. The average Bonchev–Trinajstić information content (AvgIpc) is 2.88. The highest BCUT2D eigenvalue weighted by Crippen LogP contribution is 2.29. The molecule has 2 rings (SSSR count). The van der Waals surface area contributed by atoms with Crippen molar-refractivity contribution in [1.82, 2.24) is 4.98 Å². The molecule has 1 heterocycles. The van der Waals surface area contributed by atoms with Gasteiger partial charge >= 0.3 is 12.1 Å². The van der Waals surface area contributed by atoms with Crippen molar-refractivity contribution in [2.45, 2.75) is 33.3 Å². The summed E-state index contributed by atoms with van der Waals surface area (Å²) in [5.74, 6) is -1.06. The number of amides is 1. The van der Waals surface area contributed by atoms with Crippen LogP contribution >= 0.6 is 11.3 Å². The molecule has 0 atom stereocenters. The minimum atomic E-state index is -1.06. The van der Waals surface area contributed by atoms with Crippen molar-refractivity contribution < 1.29 is 19.4 Å². The Balaban J connectivity index is 2.25. The number of hydrogen-bond acceptors (Lipinski definition) is 5. The van der Waals surface area contributed by atoms with Crippen LogP contribution in [0.5, 0.6) is 0 Å². The molecule has 0 saturated heterocycles. The zero-order chi connectivity index (χ0) is 17.2. The van der Waals surface area contributed by atoms with Gasteiger partial charge in [-0.1, -0.05) is 6.07 Å². The van der Waals surface area contributed by atoms with Crippen molar-refractivity contribution in [2.24, 2.45) is 0 Å². The molecule has 1 aromatic carbocycles. The molecule has 2 N–H and O–H groups in total. The van der Waals surface area contributed by atoms with Crippen molar-refractivity contribution in [3.8, 4) is 10.6 Å². The molecular weight excluding hydrogens is 316 g/mol. The summed E-state index contributed by atoms with van der Waals surface area (Å²) in [7, 11) is 0. The predicted octanol–water partition coefficient (Wildman–Crippen LogP) is 4.16. The van der Waals surface area contributed by atoms with Crippen molar-refractivity contribution in [3.05, 3.63) is 34.8 Å². The number of hydrogen-bond donors (Lipinski definition) is 2. The molecule has 6 nitrogen and oxygen atoms in total. The Labute approximate surface area is 138 Å². The summed E-state index contributed by atoms with van der Waals surface area (Å²) in [4.78, 5) is 26.9. The number of aromatic carboxylic acids is 1. The van der Waals surface area contributed by atoms with E-state index in [9.17, 15) is 9.59 Å². The number of aromatic nitrogens is 1. The molecule has 0 aliphatic rings. The molecule has 2 aromatic rings. The highest BCUT2D eigenvalue weighted by atomic mass is 32.1. The largest absolute Gasteiger partial charge is 0.476 e. The Kier molecular flexibility index (Phi) is 4.70. The smallest absolute Gasteiger partial charge is 0.412 e. The first-order valence-electron chi connectivity index (χ1n) is 6.95. The van der Waals surface area contributed by atoms with Crippen LogP contribution in [0.15, 0.2) is 23.6 Å². The first kappa shape index (κ1) is 17.0. The minimum absolute atomic E-state index is 0.00917. The van der Waals surface area contributed by atoms with Gasteiger partial charge in [0, 0.05) is 16.6 Å². The van der Waals surface area contributed by atoms with Gasteiger partial charge < -0.3 is 9.84 Å². The lowest BCUT2D eigenvalue weighted by molar-refractivity contribution is 0.0634. The fourth-order valence-electron chi connectivity index (χ4n) is 1.85. The number of carbonyl (C=O) groups is 2. The minimum Gasteiger partial charge on any atom is -0.476 e. The first-order valence-corrected chi connectivity index (χ1v) is 7.83. The van der Waals surface area contributed by atoms with E-state index in [1.807, 2.05) is 13.0 Å². The number of rotatable bonds is 3. The van der Waals surface area contributed by atoms with Crippen molar-refractivity contribution >= 4 is 29.1 Å². The molecule has 0 aliphatic heterocycles. The number of nitrogens with one attached hydrogen (secondary N) is 1. The lowest BCUT2D eigenvalue weighted by Gasteiger charge is -2.20. The Hall–Kier alpha value is -2.41. The highest BCUT2D eigenvalue weighted by molar-refractivity contribution is 7.13. The maximum absolute atomic E-state index is 11.8. The molecule has 7 heteroatoms. The normalized spacial score (nSPS) is 11.1. The monoisotopic (exact) mass is 334 g/mol. The molecule has 1 amide bonds. The summed E-state index contributed by atoms with van der Waals surface area (Å²) in [6, 6.07) is 5.35. The average molecular weight is 334 g/mol. The van der Waals surface area contributed by atoms with Crippen LogP contribution in [0.4, 0.5) is 10.5 Å². The maximum atomic E-state index is 11.8. The molecule has 0 radical (unpaired) electrons. The fourth-order valence-corrected chi connectivity index (χ4v) is 2.72. The summed E-state index contributed by atoms with van der Waals surface area (Å²) >= 11 is 1.25. The summed E-state index contributed by atoms with van der Waals surface area (Å²) in [5, 5.41) is 13.7. The van der Waals surface area contributed by atoms with Crippen LogP contribution in [0.2, 0.25) is 0 Å². The van der Waals surface area contributed by atoms with E-state index < -0.39 is 17.7 Å². The highest BCUT2D eigenvalue weighted by Gasteiger charge is 2.17. The Morgan fingerprint density at radius 3 is 2.57 bits per heavy atom. The molecule has 0 bridgehead atoms. The van der Waals surface area contributed by atoms with Gasteiger partial charge in [-0.3, -0.25) is 5.32 Å². The van der Waals surface area contributed by atoms with Gasteiger partial charge in [-0.25, -0.2) is 14.6 Å². The zero-order valence-electron chi connectivity index (χ0n) is 13.3. The SMILES string of the molecule is Cc1ccc(NC(=O)OC(C)(C)C)cc1-c1nc(C(=O)O)cs1. The summed E-state index contributed by atoms with van der Waals surface area (Å²) in [5.41, 5.74) is 1.70. The van der Waals surface area contributed by atoms with Crippen molar-refractivity contribution in [1.29, 1.82) is 0 Å².